The highest BCUT2D eigenvalue weighted by Gasteiger charge is 2.26. The standard InChI is InChI=1S/C15H24O2/c1-11-7-8-14(15(17)9-11)13(3)6-4-5-12(2)10-16/h5,9-10,13-15,17H,4,6-8H2,1-3H3/b12-5+/t13-,14+,15+/m1/s1. The van der Waals surface area contributed by atoms with E-state index < -0.39 is 0 Å². The molecule has 17 heavy (non-hydrogen) atoms. The molecular weight excluding hydrogens is 212 g/mol. The Balaban J connectivity index is 2.43. The van der Waals surface area contributed by atoms with Crippen LogP contribution in [-0.2, 0) is 4.79 Å². The fourth-order valence-electron chi connectivity index (χ4n) is 2.52. The summed E-state index contributed by atoms with van der Waals surface area (Å²) in [5.41, 5.74) is 2.11. The summed E-state index contributed by atoms with van der Waals surface area (Å²) in [4.78, 5) is 10.5. The molecule has 0 aromatic carbocycles. The van der Waals surface area contributed by atoms with Crippen molar-refractivity contribution in [1.82, 2.24) is 0 Å². The van der Waals surface area contributed by atoms with Gasteiger partial charge in [-0.1, -0.05) is 24.6 Å². The van der Waals surface area contributed by atoms with Gasteiger partial charge in [-0.15, -0.1) is 0 Å². The van der Waals surface area contributed by atoms with Gasteiger partial charge in [0.05, 0.1) is 6.10 Å². The summed E-state index contributed by atoms with van der Waals surface area (Å²) in [5, 5.41) is 10.0. The molecule has 96 valence electrons. The molecule has 2 heteroatoms. The van der Waals surface area contributed by atoms with E-state index in [0.29, 0.717) is 11.8 Å². The minimum Gasteiger partial charge on any atom is -0.389 e. The predicted molar refractivity (Wildman–Crippen MR) is 70.7 cm³/mol. The molecule has 0 saturated heterocycles. The van der Waals surface area contributed by atoms with Crippen LogP contribution < -0.4 is 0 Å². The van der Waals surface area contributed by atoms with Crippen molar-refractivity contribution >= 4 is 6.29 Å². The molecule has 0 heterocycles. The first-order chi connectivity index (χ1) is 8.04. The average molecular weight is 236 g/mol. The fraction of sp³-hybridized carbons (Fsp3) is 0.667. The van der Waals surface area contributed by atoms with Crippen molar-refractivity contribution in [3.8, 4) is 0 Å². The monoisotopic (exact) mass is 236 g/mol. The lowest BCUT2D eigenvalue weighted by Crippen LogP contribution is -2.28. The Morgan fingerprint density at radius 2 is 2.35 bits per heavy atom. The molecule has 0 amide bonds. The number of carbonyl (C=O) groups is 1. The van der Waals surface area contributed by atoms with E-state index in [-0.39, 0.29) is 6.10 Å². The van der Waals surface area contributed by atoms with Crippen LogP contribution in [0.5, 0.6) is 0 Å². The molecular formula is C15H24O2. The van der Waals surface area contributed by atoms with Crippen molar-refractivity contribution in [2.75, 3.05) is 0 Å². The second kappa shape index (κ2) is 6.75. The Labute approximate surface area is 104 Å². The summed E-state index contributed by atoms with van der Waals surface area (Å²) in [6.45, 7) is 6.12. The van der Waals surface area contributed by atoms with E-state index in [2.05, 4.69) is 13.8 Å². The van der Waals surface area contributed by atoms with Gasteiger partial charge in [-0.2, -0.15) is 0 Å². The summed E-state index contributed by atoms with van der Waals surface area (Å²) in [6, 6.07) is 0. The lowest BCUT2D eigenvalue weighted by molar-refractivity contribution is -0.104. The molecule has 3 atom stereocenters. The quantitative estimate of drug-likeness (QED) is 0.452. The molecule has 1 aliphatic rings. The summed E-state index contributed by atoms with van der Waals surface area (Å²) in [6.07, 6.45) is 8.76. The van der Waals surface area contributed by atoms with E-state index in [1.807, 2.05) is 19.1 Å². The van der Waals surface area contributed by atoms with Crippen LogP contribution in [-0.4, -0.2) is 17.5 Å². The van der Waals surface area contributed by atoms with Crippen molar-refractivity contribution < 1.29 is 9.90 Å². The smallest absolute Gasteiger partial charge is 0.145 e. The molecule has 1 rings (SSSR count). The van der Waals surface area contributed by atoms with Crippen molar-refractivity contribution in [3.05, 3.63) is 23.3 Å². The molecule has 0 aliphatic heterocycles. The van der Waals surface area contributed by atoms with Crippen LogP contribution in [0.3, 0.4) is 0 Å². The first kappa shape index (κ1) is 14.2. The summed E-state index contributed by atoms with van der Waals surface area (Å²) >= 11 is 0. The summed E-state index contributed by atoms with van der Waals surface area (Å²) in [7, 11) is 0. The minimum absolute atomic E-state index is 0.283. The van der Waals surface area contributed by atoms with Gasteiger partial charge in [0.1, 0.15) is 6.29 Å². The number of aliphatic hydroxyl groups is 1. The highest BCUT2D eigenvalue weighted by Crippen LogP contribution is 2.31. The summed E-state index contributed by atoms with van der Waals surface area (Å²) < 4.78 is 0. The van der Waals surface area contributed by atoms with Gasteiger partial charge in [-0.3, -0.25) is 4.79 Å². The lowest BCUT2D eigenvalue weighted by Gasteiger charge is -2.30. The van der Waals surface area contributed by atoms with E-state index >= 15 is 0 Å². The normalized spacial score (nSPS) is 27.5. The Morgan fingerprint density at radius 1 is 1.65 bits per heavy atom. The molecule has 1 N–H and O–H groups in total. The number of hydrogen-bond acceptors (Lipinski definition) is 2. The van der Waals surface area contributed by atoms with Gasteiger partial charge in [-0.25, -0.2) is 0 Å². The van der Waals surface area contributed by atoms with Crippen LogP contribution in [0, 0.1) is 11.8 Å². The Kier molecular flexibility index (Phi) is 5.63. The molecule has 1 aliphatic carbocycles. The SMILES string of the molecule is CC1=C[C@H](O)[C@H]([C@H](C)CC/C=C(\C)C=O)CC1. The van der Waals surface area contributed by atoms with Gasteiger partial charge in [-0.05, 0) is 56.9 Å². The zero-order valence-electron chi connectivity index (χ0n) is 11.1. The van der Waals surface area contributed by atoms with Crippen LogP contribution in [0.2, 0.25) is 0 Å². The van der Waals surface area contributed by atoms with Gasteiger partial charge in [0.2, 0.25) is 0 Å². The predicted octanol–water partition coefficient (Wildman–Crippen LogP) is 3.27. The van der Waals surface area contributed by atoms with E-state index in [4.69, 9.17) is 0 Å². The number of allylic oxidation sites excluding steroid dienone is 3. The third kappa shape index (κ3) is 4.47. The van der Waals surface area contributed by atoms with Gasteiger partial charge in [0.15, 0.2) is 0 Å². The van der Waals surface area contributed by atoms with E-state index in [9.17, 15) is 9.90 Å². The van der Waals surface area contributed by atoms with E-state index in [1.54, 1.807) is 0 Å². The van der Waals surface area contributed by atoms with Crippen molar-refractivity contribution in [1.29, 1.82) is 0 Å². The van der Waals surface area contributed by atoms with Gasteiger partial charge >= 0.3 is 0 Å². The molecule has 2 nitrogen and oxygen atoms in total. The maximum Gasteiger partial charge on any atom is 0.145 e. The van der Waals surface area contributed by atoms with Crippen LogP contribution >= 0.6 is 0 Å². The fourth-order valence-corrected chi connectivity index (χ4v) is 2.52. The van der Waals surface area contributed by atoms with Crippen molar-refractivity contribution in [2.45, 2.75) is 52.6 Å². The van der Waals surface area contributed by atoms with Gasteiger partial charge in [0.25, 0.3) is 0 Å². The third-order valence-electron chi connectivity index (χ3n) is 3.77. The number of hydrogen-bond donors (Lipinski definition) is 1. The van der Waals surface area contributed by atoms with Crippen LogP contribution in [0.15, 0.2) is 23.3 Å². The third-order valence-corrected chi connectivity index (χ3v) is 3.77. The Bertz CT molecular complexity index is 315. The van der Waals surface area contributed by atoms with E-state index in [1.165, 1.54) is 5.57 Å². The molecule has 0 aromatic heterocycles. The topological polar surface area (TPSA) is 37.3 Å². The maximum absolute atomic E-state index is 10.5. The molecule has 0 spiro atoms. The largest absolute Gasteiger partial charge is 0.389 e. The number of carbonyl (C=O) groups excluding carboxylic acids is 1. The zero-order valence-corrected chi connectivity index (χ0v) is 11.1. The first-order valence-corrected chi connectivity index (χ1v) is 6.52. The molecule has 0 aromatic rings. The van der Waals surface area contributed by atoms with Gasteiger partial charge in [0, 0.05) is 0 Å². The van der Waals surface area contributed by atoms with Crippen LogP contribution in [0.25, 0.3) is 0 Å². The molecule has 0 unspecified atom stereocenters. The summed E-state index contributed by atoms with van der Waals surface area (Å²) in [5.74, 6) is 0.883. The highest BCUT2D eigenvalue weighted by molar-refractivity contribution is 5.71. The van der Waals surface area contributed by atoms with E-state index in [0.717, 1.165) is 37.5 Å². The average Bonchev–Trinajstić information content (AvgIpc) is 2.28. The first-order valence-electron chi connectivity index (χ1n) is 6.52. The Hall–Kier alpha value is -0.890. The molecule has 0 saturated carbocycles. The highest BCUT2D eigenvalue weighted by atomic mass is 16.3. The second-order valence-corrected chi connectivity index (χ2v) is 5.33. The zero-order chi connectivity index (χ0) is 12.8. The molecule has 0 radical (unpaired) electrons. The van der Waals surface area contributed by atoms with Gasteiger partial charge < -0.3 is 5.11 Å². The number of aliphatic hydroxyl groups excluding tert-OH is 1. The molecule has 0 fully saturated rings. The number of rotatable bonds is 5. The van der Waals surface area contributed by atoms with Crippen LogP contribution in [0.4, 0.5) is 0 Å². The van der Waals surface area contributed by atoms with Crippen molar-refractivity contribution in [2.24, 2.45) is 11.8 Å². The van der Waals surface area contributed by atoms with Crippen LogP contribution in [0.1, 0.15) is 46.5 Å². The number of aldehydes is 1. The second-order valence-electron chi connectivity index (χ2n) is 5.33. The lowest BCUT2D eigenvalue weighted by atomic mass is 9.78. The van der Waals surface area contributed by atoms with Crippen molar-refractivity contribution in [3.63, 3.8) is 0 Å². The minimum atomic E-state index is -0.283. The Morgan fingerprint density at radius 3 is 2.94 bits per heavy atom. The maximum atomic E-state index is 10.5. The molecule has 0 bridgehead atoms.